The maximum Gasteiger partial charge on any atom is 0.494 e. The Morgan fingerprint density at radius 3 is 2.14 bits per heavy atom. The van der Waals surface area contributed by atoms with Crippen molar-refractivity contribution in [3.05, 3.63) is 24.3 Å². The molecule has 0 saturated carbocycles. The first-order valence-electron chi connectivity index (χ1n) is 7.66. The number of aliphatic hydroxyl groups excluding tert-OH is 1. The lowest BCUT2D eigenvalue weighted by atomic mass is 9.79. The van der Waals surface area contributed by atoms with E-state index < -0.39 is 6.10 Å². The zero-order valence-electron chi connectivity index (χ0n) is 13.5. The Labute approximate surface area is 131 Å². The van der Waals surface area contributed by atoms with Gasteiger partial charge in [0.25, 0.3) is 0 Å². The molecule has 120 valence electrons. The van der Waals surface area contributed by atoms with Crippen LogP contribution in [0.3, 0.4) is 0 Å². The predicted octanol–water partition coefficient (Wildman–Crippen LogP) is 1.12. The van der Waals surface area contributed by atoms with E-state index in [2.05, 4.69) is 0 Å². The number of hydrogen-bond acceptors (Lipinski definition) is 5. The number of benzene rings is 1. The fourth-order valence-electron chi connectivity index (χ4n) is 2.49. The molecule has 0 aromatic heterocycles. The fourth-order valence-corrected chi connectivity index (χ4v) is 2.49. The van der Waals surface area contributed by atoms with Gasteiger partial charge in [0.2, 0.25) is 0 Å². The van der Waals surface area contributed by atoms with Gasteiger partial charge in [-0.3, -0.25) is 0 Å². The molecular weight excluding hydrogens is 283 g/mol. The molecule has 2 saturated heterocycles. The van der Waals surface area contributed by atoms with Gasteiger partial charge < -0.3 is 23.9 Å². The van der Waals surface area contributed by atoms with Gasteiger partial charge >= 0.3 is 7.12 Å². The Bertz CT molecular complexity index is 512. The molecule has 0 aliphatic carbocycles. The normalized spacial score (nSPS) is 29.8. The second kappa shape index (κ2) is 5.53. The van der Waals surface area contributed by atoms with E-state index in [0.29, 0.717) is 19.0 Å². The van der Waals surface area contributed by atoms with Crippen LogP contribution >= 0.6 is 0 Å². The second-order valence-electron chi connectivity index (χ2n) is 6.92. The molecule has 2 atom stereocenters. The minimum Gasteiger partial charge on any atom is -0.485 e. The van der Waals surface area contributed by atoms with E-state index in [1.54, 1.807) is 0 Å². The van der Waals surface area contributed by atoms with Crippen molar-refractivity contribution in [2.75, 3.05) is 13.2 Å². The summed E-state index contributed by atoms with van der Waals surface area (Å²) in [6.07, 6.45) is -0.870. The molecule has 0 bridgehead atoms. The van der Waals surface area contributed by atoms with E-state index in [1.807, 2.05) is 52.0 Å². The Kier molecular flexibility index (Phi) is 3.97. The third kappa shape index (κ3) is 2.88. The summed E-state index contributed by atoms with van der Waals surface area (Å²) in [6.45, 7) is 8.88. The average Bonchev–Trinajstić information content (AvgIpc) is 2.92. The minimum absolute atomic E-state index is 0.303. The van der Waals surface area contributed by atoms with Crippen molar-refractivity contribution >= 4 is 12.6 Å². The molecule has 2 aliphatic heterocycles. The van der Waals surface area contributed by atoms with Crippen LogP contribution in [-0.2, 0) is 14.0 Å². The Morgan fingerprint density at radius 2 is 1.64 bits per heavy atom. The van der Waals surface area contributed by atoms with Crippen LogP contribution in [0.1, 0.15) is 27.7 Å². The van der Waals surface area contributed by atoms with Crippen molar-refractivity contribution in [2.45, 2.75) is 51.1 Å². The molecule has 0 radical (unpaired) electrons. The maximum absolute atomic E-state index is 9.70. The van der Waals surface area contributed by atoms with Crippen molar-refractivity contribution in [3.63, 3.8) is 0 Å². The summed E-state index contributed by atoms with van der Waals surface area (Å²) in [5.74, 6) is 0.704. The lowest BCUT2D eigenvalue weighted by Crippen LogP contribution is -2.41. The van der Waals surface area contributed by atoms with Crippen LogP contribution in [0.5, 0.6) is 5.75 Å². The van der Waals surface area contributed by atoms with Gasteiger partial charge in [-0.15, -0.1) is 0 Å². The summed E-state index contributed by atoms with van der Waals surface area (Å²) < 4.78 is 22.9. The summed E-state index contributed by atoms with van der Waals surface area (Å²) in [5, 5.41) is 9.70. The summed E-state index contributed by atoms with van der Waals surface area (Å²) in [4.78, 5) is 0. The van der Waals surface area contributed by atoms with Crippen LogP contribution in [0, 0.1) is 0 Å². The number of rotatable bonds is 3. The topological polar surface area (TPSA) is 57.2 Å². The molecule has 1 aromatic rings. The molecule has 2 heterocycles. The van der Waals surface area contributed by atoms with Gasteiger partial charge in [0.15, 0.2) is 0 Å². The van der Waals surface area contributed by atoms with E-state index in [0.717, 1.165) is 5.46 Å². The van der Waals surface area contributed by atoms with Gasteiger partial charge in [-0.1, -0.05) is 12.1 Å². The average molecular weight is 306 g/mol. The van der Waals surface area contributed by atoms with Crippen LogP contribution in [0.4, 0.5) is 0 Å². The number of aliphatic hydroxyl groups is 1. The van der Waals surface area contributed by atoms with E-state index >= 15 is 0 Å². The largest absolute Gasteiger partial charge is 0.494 e. The molecule has 1 N–H and O–H groups in total. The summed E-state index contributed by atoms with van der Waals surface area (Å²) in [6, 6.07) is 7.59. The molecule has 22 heavy (non-hydrogen) atoms. The lowest BCUT2D eigenvalue weighted by molar-refractivity contribution is 0.00578. The van der Waals surface area contributed by atoms with Crippen molar-refractivity contribution in [3.8, 4) is 5.75 Å². The third-order valence-corrected chi connectivity index (χ3v) is 4.69. The number of hydrogen-bond donors (Lipinski definition) is 1. The van der Waals surface area contributed by atoms with Crippen LogP contribution in [0.15, 0.2) is 24.3 Å². The van der Waals surface area contributed by atoms with Gasteiger partial charge in [-0.25, -0.2) is 0 Å². The maximum atomic E-state index is 9.70. The lowest BCUT2D eigenvalue weighted by Gasteiger charge is -2.32. The van der Waals surface area contributed by atoms with Crippen molar-refractivity contribution in [1.29, 1.82) is 0 Å². The summed E-state index contributed by atoms with van der Waals surface area (Å²) >= 11 is 0. The highest BCUT2D eigenvalue weighted by Crippen LogP contribution is 2.36. The molecule has 0 spiro atoms. The predicted molar refractivity (Wildman–Crippen MR) is 83.4 cm³/mol. The van der Waals surface area contributed by atoms with Gasteiger partial charge in [-0.2, -0.15) is 0 Å². The van der Waals surface area contributed by atoms with Gasteiger partial charge in [0.05, 0.1) is 24.4 Å². The highest BCUT2D eigenvalue weighted by Gasteiger charge is 2.51. The fraction of sp³-hybridized carbons (Fsp3) is 0.625. The van der Waals surface area contributed by atoms with E-state index in [4.69, 9.17) is 18.8 Å². The van der Waals surface area contributed by atoms with E-state index in [-0.39, 0.29) is 24.4 Å². The van der Waals surface area contributed by atoms with Gasteiger partial charge in [0, 0.05) is 0 Å². The van der Waals surface area contributed by atoms with Crippen LogP contribution in [0.25, 0.3) is 0 Å². The zero-order chi connectivity index (χ0) is 16.0. The quantitative estimate of drug-likeness (QED) is 0.848. The zero-order valence-corrected chi connectivity index (χ0v) is 13.5. The van der Waals surface area contributed by atoms with Crippen molar-refractivity contribution in [2.24, 2.45) is 0 Å². The second-order valence-corrected chi connectivity index (χ2v) is 6.92. The molecule has 1 unspecified atom stereocenters. The first-order chi connectivity index (χ1) is 10.3. The highest BCUT2D eigenvalue weighted by molar-refractivity contribution is 6.62. The molecule has 1 aromatic carbocycles. The summed E-state index contributed by atoms with van der Waals surface area (Å²) in [7, 11) is -0.376. The minimum atomic E-state index is -0.567. The van der Waals surface area contributed by atoms with Crippen molar-refractivity contribution in [1.82, 2.24) is 0 Å². The molecular formula is C16H23BO5. The van der Waals surface area contributed by atoms with Crippen LogP contribution in [0.2, 0.25) is 0 Å². The SMILES string of the molecule is CC1(C)OB(c2ccc(O[C@@H]3COCC3O)cc2)OC1(C)C. The highest BCUT2D eigenvalue weighted by atomic mass is 16.7. The molecule has 6 heteroatoms. The first kappa shape index (κ1) is 15.8. The van der Waals surface area contributed by atoms with Gasteiger partial charge in [-0.05, 0) is 45.3 Å². The smallest absolute Gasteiger partial charge is 0.485 e. The Morgan fingerprint density at radius 1 is 1.05 bits per heavy atom. The summed E-state index contributed by atoms with van der Waals surface area (Å²) in [5.41, 5.74) is 0.255. The molecule has 0 amide bonds. The Balaban J connectivity index is 1.67. The van der Waals surface area contributed by atoms with E-state index in [1.165, 1.54) is 0 Å². The number of ether oxygens (including phenoxy) is 2. The van der Waals surface area contributed by atoms with Crippen LogP contribution < -0.4 is 10.2 Å². The molecule has 5 nitrogen and oxygen atoms in total. The first-order valence-corrected chi connectivity index (χ1v) is 7.66. The molecule has 3 rings (SSSR count). The van der Waals surface area contributed by atoms with Gasteiger partial charge in [0.1, 0.15) is 18.0 Å². The standard InChI is InChI=1S/C16H23BO5/c1-15(2)16(3,4)22-17(21-15)11-5-7-12(8-6-11)20-14-10-19-9-13(14)18/h5-8,13-14,18H,9-10H2,1-4H3/t13?,14-/m1/s1. The molecule has 2 aliphatic rings. The Hall–Kier alpha value is -1.08. The van der Waals surface area contributed by atoms with Crippen molar-refractivity contribution < 1.29 is 23.9 Å². The van der Waals surface area contributed by atoms with Crippen LogP contribution in [-0.4, -0.2) is 48.8 Å². The van der Waals surface area contributed by atoms with E-state index in [9.17, 15) is 5.11 Å². The monoisotopic (exact) mass is 306 g/mol. The molecule has 2 fully saturated rings. The third-order valence-electron chi connectivity index (χ3n) is 4.69.